The van der Waals surface area contributed by atoms with E-state index in [1.165, 1.54) is 27.7 Å². The number of hydrogen-bond acceptors (Lipinski definition) is 3. The van der Waals surface area contributed by atoms with Crippen LogP contribution in [-0.4, -0.2) is 24.1 Å². The van der Waals surface area contributed by atoms with Crippen LogP contribution in [0.3, 0.4) is 0 Å². The summed E-state index contributed by atoms with van der Waals surface area (Å²) >= 11 is 0. The van der Waals surface area contributed by atoms with Crippen molar-refractivity contribution in [3.8, 4) is 67.8 Å². The van der Waals surface area contributed by atoms with Crippen LogP contribution in [0.25, 0.3) is 107 Å². The molecule has 1 aliphatic rings. The largest absolute Gasteiger partial charge is 0.312 e. The van der Waals surface area contributed by atoms with Crippen LogP contribution in [0.2, 0.25) is 0 Å². The van der Waals surface area contributed by atoms with E-state index >= 15 is 0 Å². The number of allylic oxidation sites excluding steroid dienone is 1. The molecule has 62 heavy (non-hydrogen) atoms. The van der Waals surface area contributed by atoms with Gasteiger partial charge in [-0.3, -0.25) is 0 Å². The molecule has 0 radical (unpaired) electrons. The molecule has 1 aliphatic carbocycles. The average Bonchev–Trinajstić information content (AvgIpc) is 3.87. The lowest BCUT2D eigenvalue weighted by molar-refractivity contribution is 0.889. The summed E-state index contributed by atoms with van der Waals surface area (Å²) in [6.45, 7) is 0. The number of fused-ring (bicyclic) bond motifs is 6. The Morgan fingerprint density at radius 3 is 1.73 bits per heavy atom. The van der Waals surface area contributed by atoms with E-state index < -0.39 is 0 Å². The Bertz CT molecular complexity index is 3450. The van der Waals surface area contributed by atoms with E-state index in [1.54, 1.807) is 0 Å². The highest BCUT2D eigenvalue weighted by molar-refractivity contribution is 6.11. The summed E-state index contributed by atoms with van der Waals surface area (Å²) in [5.74, 6) is 1.75. The number of hydrogen-bond donors (Lipinski definition) is 0. The quantitative estimate of drug-likeness (QED) is 0.162. The molecule has 0 fully saturated rings. The van der Waals surface area contributed by atoms with Gasteiger partial charge < -0.3 is 9.13 Å². The monoisotopic (exact) mass is 791 g/mol. The van der Waals surface area contributed by atoms with E-state index in [9.17, 15) is 0 Å². The summed E-state index contributed by atoms with van der Waals surface area (Å²) in [6.07, 6.45) is 6.54. The van der Waals surface area contributed by atoms with Crippen molar-refractivity contribution in [2.75, 3.05) is 0 Å². The van der Waals surface area contributed by atoms with E-state index in [-0.39, 0.29) is 0 Å². The summed E-state index contributed by atoms with van der Waals surface area (Å²) in [7, 11) is 0. The van der Waals surface area contributed by atoms with Gasteiger partial charge >= 0.3 is 0 Å². The number of aromatic nitrogens is 5. The fourth-order valence-electron chi connectivity index (χ4n) is 9.23. The first kappa shape index (κ1) is 35.6. The lowest BCUT2D eigenvalue weighted by Gasteiger charge is -2.18. The Morgan fingerprint density at radius 1 is 0.419 bits per heavy atom. The molecule has 0 saturated carbocycles. The second kappa shape index (κ2) is 14.7. The number of nitrogens with zero attached hydrogens (tertiary/aromatic N) is 5. The average molecular weight is 792 g/mol. The molecule has 0 amide bonds. The van der Waals surface area contributed by atoms with Crippen LogP contribution >= 0.6 is 0 Å². The van der Waals surface area contributed by atoms with Gasteiger partial charge in [0, 0.05) is 49.7 Å². The third-order valence-electron chi connectivity index (χ3n) is 12.1. The minimum absolute atomic E-state index is 0.553. The smallest absolute Gasteiger partial charge is 0.166 e. The van der Waals surface area contributed by atoms with E-state index in [0.29, 0.717) is 17.5 Å². The maximum Gasteiger partial charge on any atom is 0.166 e. The molecule has 0 atom stereocenters. The van der Waals surface area contributed by atoms with Crippen molar-refractivity contribution in [1.29, 1.82) is 0 Å². The Hall–Kier alpha value is -8.33. The van der Waals surface area contributed by atoms with Gasteiger partial charge in [-0.1, -0.05) is 170 Å². The lowest BCUT2D eigenvalue weighted by atomic mass is 10.00. The fourth-order valence-corrected chi connectivity index (χ4v) is 9.23. The van der Waals surface area contributed by atoms with Gasteiger partial charge in [0.25, 0.3) is 0 Å². The number of rotatable bonds is 7. The molecule has 3 aromatic heterocycles. The van der Waals surface area contributed by atoms with E-state index in [0.717, 1.165) is 79.4 Å². The predicted octanol–water partition coefficient (Wildman–Crippen LogP) is 13.8. The zero-order valence-electron chi connectivity index (χ0n) is 33.7. The molecule has 12 rings (SSSR count). The summed E-state index contributed by atoms with van der Waals surface area (Å²) in [5.41, 5.74) is 14.8. The van der Waals surface area contributed by atoms with E-state index in [2.05, 4.69) is 185 Å². The molecule has 8 aromatic carbocycles. The summed E-state index contributed by atoms with van der Waals surface area (Å²) in [6, 6.07) is 73.3. The fraction of sp³-hybridized carbons (Fsp3) is 0.0351. The number of benzene rings is 7. The van der Waals surface area contributed by atoms with Gasteiger partial charge in [0.05, 0.1) is 27.8 Å². The van der Waals surface area contributed by atoms with E-state index in [4.69, 9.17) is 15.0 Å². The first-order chi connectivity index (χ1) is 30.8. The highest BCUT2D eigenvalue weighted by Gasteiger charge is 2.24. The van der Waals surface area contributed by atoms with Crippen LogP contribution in [0.1, 0.15) is 17.7 Å². The summed E-state index contributed by atoms with van der Waals surface area (Å²) in [5, 5.41) is 3.56. The minimum Gasteiger partial charge on any atom is -0.312 e. The Balaban J connectivity index is 1.14. The van der Waals surface area contributed by atoms with Gasteiger partial charge in [0.1, 0.15) is 5.69 Å². The molecule has 3 heterocycles. The Labute approximate surface area is 359 Å². The van der Waals surface area contributed by atoms with Gasteiger partial charge in [-0.05, 0) is 66.4 Å². The van der Waals surface area contributed by atoms with Gasteiger partial charge in [-0.15, -0.1) is 0 Å². The first-order valence-corrected chi connectivity index (χ1v) is 21.1. The van der Waals surface area contributed by atoms with Gasteiger partial charge in [-0.2, -0.15) is 0 Å². The highest BCUT2D eigenvalue weighted by Crippen LogP contribution is 2.41. The molecule has 0 unspecified atom stereocenters. The standard InChI is InChI=1S/C57H37N5/c1-4-18-38(19-5-1)41-32-34-53-47(36-41)46-27-13-17-31-52(46)62(53)54-35-33-42(43-24-10-14-28-49(43)61-50-29-15-11-25-44(50)45-26-12-16-30-51(45)61)37-48(54)57-59-55(39-20-6-2-7-21-39)58-56(60-57)40-22-8-3-9-23-40/h1-15,17-29,31-32,34,36-37H,16,30H2. The van der Waals surface area contributed by atoms with Gasteiger partial charge in [0.15, 0.2) is 17.5 Å². The molecule has 0 N–H and O–H groups in total. The zero-order valence-corrected chi connectivity index (χ0v) is 33.7. The summed E-state index contributed by atoms with van der Waals surface area (Å²) < 4.78 is 4.75. The van der Waals surface area contributed by atoms with Crippen LogP contribution in [0.5, 0.6) is 0 Å². The highest BCUT2D eigenvalue weighted by atomic mass is 15.1. The van der Waals surface area contributed by atoms with Crippen molar-refractivity contribution in [2.45, 2.75) is 12.8 Å². The normalized spacial score (nSPS) is 12.2. The van der Waals surface area contributed by atoms with Crippen LogP contribution in [0.15, 0.2) is 194 Å². The van der Waals surface area contributed by atoms with Crippen molar-refractivity contribution >= 4 is 38.8 Å². The first-order valence-electron chi connectivity index (χ1n) is 21.1. The second-order valence-electron chi connectivity index (χ2n) is 15.7. The molecule has 5 heteroatoms. The third-order valence-corrected chi connectivity index (χ3v) is 12.1. The van der Waals surface area contributed by atoms with E-state index in [1.807, 2.05) is 36.4 Å². The molecule has 0 spiro atoms. The molecule has 0 aliphatic heterocycles. The molecular weight excluding hydrogens is 755 g/mol. The molecule has 0 saturated heterocycles. The maximum atomic E-state index is 5.31. The van der Waals surface area contributed by atoms with Crippen molar-refractivity contribution < 1.29 is 0 Å². The maximum absolute atomic E-state index is 5.31. The zero-order chi connectivity index (χ0) is 41.0. The molecule has 5 nitrogen and oxygen atoms in total. The molecule has 0 bridgehead atoms. The molecule has 11 aromatic rings. The van der Waals surface area contributed by atoms with Gasteiger partial charge in [0.2, 0.25) is 0 Å². The lowest BCUT2D eigenvalue weighted by Crippen LogP contribution is -2.05. The van der Waals surface area contributed by atoms with Crippen molar-refractivity contribution in [3.05, 3.63) is 218 Å². The van der Waals surface area contributed by atoms with Gasteiger partial charge in [-0.25, -0.2) is 15.0 Å². The SMILES string of the molecule is c1c(-c2ccccc2-n2c3c(c4ccccc42)C=CCC3)cc(-c2nc(-c3ccccc3)nc(-c3ccccc3)n2)c(-n2c3ccccc3c3cc(-c4ccccc4)ccc32)c#1. The van der Waals surface area contributed by atoms with Crippen molar-refractivity contribution in [2.24, 2.45) is 0 Å². The predicted molar refractivity (Wildman–Crippen MR) is 253 cm³/mol. The topological polar surface area (TPSA) is 48.5 Å². The van der Waals surface area contributed by atoms with Crippen molar-refractivity contribution in [1.82, 2.24) is 24.1 Å². The summed E-state index contributed by atoms with van der Waals surface area (Å²) in [4.78, 5) is 15.7. The third kappa shape index (κ3) is 5.92. The minimum atomic E-state index is 0.553. The van der Waals surface area contributed by atoms with Crippen LogP contribution < -0.4 is 0 Å². The molecule has 290 valence electrons. The Morgan fingerprint density at radius 2 is 1.00 bits per heavy atom. The second-order valence-corrected chi connectivity index (χ2v) is 15.7. The van der Waals surface area contributed by atoms with Crippen LogP contribution in [-0.2, 0) is 6.42 Å². The van der Waals surface area contributed by atoms with Crippen LogP contribution in [0, 0.1) is 12.1 Å². The Kier molecular flexibility index (Phi) is 8.46. The number of para-hydroxylation sites is 3. The van der Waals surface area contributed by atoms with Crippen LogP contribution in [0.4, 0.5) is 0 Å². The molecular formula is C57H37N5. The van der Waals surface area contributed by atoms with Crippen molar-refractivity contribution in [3.63, 3.8) is 0 Å².